The summed E-state index contributed by atoms with van der Waals surface area (Å²) in [4.78, 5) is 38.2. The first-order valence-electron chi connectivity index (χ1n) is 10.7. The zero-order valence-electron chi connectivity index (χ0n) is 18.3. The Kier molecular flexibility index (Phi) is 6.52. The lowest BCUT2D eigenvalue weighted by Crippen LogP contribution is -2.44. The highest BCUT2D eigenvalue weighted by atomic mass is 16.5. The van der Waals surface area contributed by atoms with Gasteiger partial charge in [-0.15, -0.1) is 0 Å². The van der Waals surface area contributed by atoms with Gasteiger partial charge >= 0.3 is 6.09 Å². The van der Waals surface area contributed by atoms with Crippen LogP contribution >= 0.6 is 0 Å². The van der Waals surface area contributed by atoms with E-state index < -0.39 is 24.5 Å². The van der Waals surface area contributed by atoms with Crippen molar-refractivity contribution in [3.63, 3.8) is 0 Å². The van der Waals surface area contributed by atoms with Crippen molar-refractivity contribution in [3.8, 4) is 0 Å². The third kappa shape index (κ3) is 4.64. The highest BCUT2D eigenvalue weighted by molar-refractivity contribution is 5.97. The molecule has 11 heteroatoms. The highest BCUT2D eigenvalue weighted by Crippen LogP contribution is 2.35. The fraction of sp³-hybridized carbons (Fsp3) is 0.409. The third-order valence-electron chi connectivity index (χ3n) is 5.66. The Morgan fingerprint density at radius 2 is 2.00 bits per heavy atom. The Balaban J connectivity index is 1.60. The molecular weight excluding hydrogens is 428 g/mol. The van der Waals surface area contributed by atoms with Crippen LogP contribution in [0.3, 0.4) is 0 Å². The van der Waals surface area contributed by atoms with Crippen molar-refractivity contribution in [2.45, 2.75) is 45.2 Å². The van der Waals surface area contributed by atoms with Gasteiger partial charge in [0, 0.05) is 18.9 Å². The lowest BCUT2D eigenvalue weighted by molar-refractivity contribution is -0.118. The number of nitrogens with one attached hydrogen (secondary N) is 1. The Bertz CT molecular complexity index is 1130. The van der Waals surface area contributed by atoms with E-state index in [1.165, 1.54) is 17.6 Å². The molecule has 0 radical (unpaired) electrons. The molecular formula is C22H26N6O5. The van der Waals surface area contributed by atoms with Gasteiger partial charge in [-0.2, -0.15) is 0 Å². The summed E-state index contributed by atoms with van der Waals surface area (Å²) < 4.78 is 7.70. The van der Waals surface area contributed by atoms with Gasteiger partial charge in [-0.05, 0) is 5.56 Å². The number of carboxylic acid groups (broad SMARTS) is 1. The van der Waals surface area contributed by atoms with E-state index in [0.717, 1.165) is 5.56 Å². The molecule has 0 saturated carbocycles. The van der Waals surface area contributed by atoms with Gasteiger partial charge in [0.05, 0.1) is 19.0 Å². The number of nitrogens with zero attached hydrogens (tertiary/aromatic N) is 5. The molecule has 3 aromatic rings. The van der Waals surface area contributed by atoms with E-state index in [1.807, 2.05) is 30.3 Å². The summed E-state index contributed by atoms with van der Waals surface area (Å²) in [6.45, 7) is 3.39. The summed E-state index contributed by atoms with van der Waals surface area (Å²) in [5.74, 6) is -0.130. The summed E-state index contributed by atoms with van der Waals surface area (Å²) in [5.41, 5.74) is 1.68. The smallest absolute Gasteiger partial charge is 0.407 e. The summed E-state index contributed by atoms with van der Waals surface area (Å²) in [6, 6.07) is 8.69. The second kappa shape index (κ2) is 9.51. The van der Waals surface area contributed by atoms with E-state index >= 15 is 0 Å². The molecule has 2 amide bonds. The van der Waals surface area contributed by atoms with E-state index in [-0.39, 0.29) is 25.0 Å². The van der Waals surface area contributed by atoms with Crippen LogP contribution in [0.25, 0.3) is 11.2 Å². The monoisotopic (exact) mass is 454 g/mol. The molecule has 1 aromatic carbocycles. The molecule has 0 unspecified atom stereocenters. The number of hydrogen-bond donors (Lipinski definition) is 3. The first-order valence-corrected chi connectivity index (χ1v) is 10.7. The topological polar surface area (TPSA) is 143 Å². The van der Waals surface area contributed by atoms with Gasteiger partial charge in [0.15, 0.2) is 17.0 Å². The van der Waals surface area contributed by atoms with Crippen LogP contribution in [0, 0.1) is 5.92 Å². The Hall–Kier alpha value is -3.57. The normalized spacial score (nSPS) is 20.3. The van der Waals surface area contributed by atoms with E-state index in [2.05, 4.69) is 20.3 Å². The number of rotatable bonds is 7. The van der Waals surface area contributed by atoms with Crippen molar-refractivity contribution in [2.24, 2.45) is 5.92 Å². The predicted octanol–water partition coefficient (Wildman–Crippen LogP) is 2.25. The Labute approximate surface area is 190 Å². The van der Waals surface area contributed by atoms with Crippen molar-refractivity contribution in [3.05, 3.63) is 48.5 Å². The fourth-order valence-electron chi connectivity index (χ4n) is 3.90. The van der Waals surface area contributed by atoms with Crippen LogP contribution in [0.4, 0.5) is 10.6 Å². The average Bonchev–Trinajstić information content (AvgIpc) is 3.42. The molecule has 4 rings (SSSR count). The van der Waals surface area contributed by atoms with Crippen LogP contribution in [-0.2, 0) is 16.1 Å². The van der Waals surface area contributed by atoms with Gasteiger partial charge in [0.25, 0.3) is 0 Å². The predicted molar refractivity (Wildman–Crippen MR) is 118 cm³/mol. The molecule has 0 aliphatic carbocycles. The summed E-state index contributed by atoms with van der Waals surface area (Å²) in [5, 5.41) is 22.5. The maximum atomic E-state index is 12.1. The number of ether oxygens (including phenoxy) is 1. The number of anilines is 1. The molecule has 11 nitrogen and oxygen atoms in total. The van der Waals surface area contributed by atoms with Gasteiger partial charge in [-0.3, -0.25) is 14.3 Å². The molecule has 1 aliphatic heterocycles. The molecule has 1 aliphatic rings. The van der Waals surface area contributed by atoms with Gasteiger partial charge < -0.3 is 20.3 Å². The zero-order chi connectivity index (χ0) is 23.5. The molecule has 3 heterocycles. The number of hydrogen-bond acceptors (Lipinski definition) is 7. The highest BCUT2D eigenvalue weighted by Gasteiger charge is 2.42. The Morgan fingerprint density at radius 1 is 1.24 bits per heavy atom. The summed E-state index contributed by atoms with van der Waals surface area (Å²) in [6.07, 6.45) is 0.739. The maximum Gasteiger partial charge on any atom is 0.407 e. The Morgan fingerprint density at radius 3 is 2.67 bits per heavy atom. The molecule has 0 bridgehead atoms. The fourth-order valence-corrected chi connectivity index (χ4v) is 3.90. The van der Waals surface area contributed by atoms with Crippen LogP contribution < -0.4 is 5.32 Å². The van der Waals surface area contributed by atoms with Crippen LogP contribution in [-0.4, -0.2) is 65.4 Å². The molecule has 3 N–H and O–H groups in total. The van der Waals surface area contributed by atoms with Crippen molar-refractivity contribution in [1.29, 1.82) is 0 Å². The standard InChI is InChI=1S/C22H26N6O5/c1-13(2)21(30)26-19-18-20(24-11-23-19)28(12-25-18)17-8-15(16(10-29)33-17)27(22(31)32)9-14-6-4-3-5-7-14/h3-7,11-13,15-17,29H,8-10H2,1-2H3,(H,31,32)(H,23,24,26,30)/t15-,16+,17+/m0/s1. The first kappa shape index (κ1) is 22.6. The number of aliphatic hydroxyl groups is 1. The number of benzene rings is 1. The van der Waals surface area contributed by atoms with Gasteiger partial charge in [0.2, 0.25) is 5.91 Å². The third-order valence-corrected chi connectivity index (χ3v) is 5.66. The number of imidazole rings is 1. The van der Waals surface area contributed by atoms with E-state index in [0.29, 0.717) is 23.4 Å². The first-order chi connectivity index (χ1) is 15.9. The van der Waals surface area contributed by atoms with Crippen LogP contribution in [0.2, 0.25) is 0 Å². The lowest BCUT2D eigenvalue weighted by atomic mass is 10.1. The van der Waals surface area contributed by atoms with E-state index in [9.17, 15) is 19.8 Å². The molecule has 33 heavy (non-hydrogen) atoms. The van der Waals surface area contributed by atoms with Crippen LogP contribution in [0.15, 0.2) is 43.0 Å². The molecule has 174 valence electrons. The van der Waals surface area contributed by atoms with Gasteiger partial charge in [-0.25, -0.2) is 19.7 Å². The van der Waals surface area contributed by atoms with Crippen molar-refractivity contribution in [2.75, 3.05) is 11.9 Å². The SMILES string of the molecule is CC(C)C(=O)Nc1ncnc2c1ncn2[C@H]1C[C@H](N(Cc2ccccc2)C(=O)O)[C@@H](CO)O1. The number of aromatic nitrogens is 4. The largest absolute Gasteiger partial charge is 0.465 e. The van der Waals surface area contributed by atoms with Gasteiger partial charge in [-0.1, -0.05) is 44.2 Å². The van der Waals surface area contributed by atoms with Crippen LogP contribution in [0.5, 0.6) is 0 Å². The minimum absolute atomic E-state index is 0.172. The number of fused-ring (bicyclic) bond motifs is 1. The molecule has 3 atom stereocenters. The zero-order valence-corrected chi connectivity index (χ0v) is 18.3. The molecule has 1 fully saturated rings. The number of aliphatic hydroxyl groups excluding tert-OH is 1. The second-order valence-electron chi connectivity index (χ2n) is 8.20. The van der Waals surface area contributed by atoms with Crippen molar-refractivity contribution < 1.29 is 24.5 Å². The summed E-state index contributed by atoms with van der Waals surface area (Å²) in [7, 11) is 0. The minimum Gasteiger partial charge on any atom is -0.465 e. The quantitative estimate of drug-likeness (QED) is 0.493. The lowest BCUT2D eigenvalue weighted by Gasteiger charge is -2.28. The number of carbonyl (C=O) groups excluding carboxylic acids is 1. The maximum absolute atomic E-state index is 12.1. The van der Waals surface area contributed by atoms with Crippen molar-refractivity contribution in [1.82, 2.24) is 24.4 Å². The molecule has 2 aromatic heterocycles. The number of carbonyl (C=O) groups is 2. The molecule has 0 spiro atoms. The average molecular weight is 454 g/mol. The minimum atomic E-state index is -1.09. The van der Waals surface area contributed by atoms with E-state index in [4.69, 9.17) is 4.74 Å². The molecule has 1 saturated heterocycles. The van der Waals surface area contributed by atoms with Gasteiger partial charge in [0.1, 0.15) is 18.7 Å². The van der Waals surface area contributed by atoms with E-state index in [1.54, 1.807) is 18.4 Å². The second-order valence-corrected chi connectivity index (χ2v) is 8.20. The van der Waals surface area contributed by atoms with Crippen LogP contribution in [0.1, 0.15) is 32.1 Å². The van der Waals surface area contributed by atoms with Crippen molar-refractivity contribution >= 4 is 29.0 Å². The summed E-state index contributed by atoms with van der Waals surface area (Å²) >= 11 is 0. The number of amides is 2.